The number of aliphatic carboxylic acids is 1. The molecule has 1 atom stereocenters. The Bertz CT molecular complexity index is 1980. The van der Waals surface area contributed by atoms with Crippen LogP contribution in [-0.4, -0.2) is 35.9 Å². The molecule has 3 aromatic carbocycles. The van der Waals surface area contributed by atoms with Crippen LogP contribution in [0.2, 0.25) is 0 Å². The van der Waals surface area contributed by atoms with Gasteiger partial charge in [0.2, 0.25) is 0 Å². The number of pyridine rings is 1. The quantitative estimate of drug-likeness (QED) is 0.217. The molecule has 10 heteroatoms. The fourth-order valence-corrected chi connectivity index (χ4v) is 4.93. The number of carbonyl (C=O) groups is 1. The number of aliphatic hydroxyl groups is 1. The van der Waals surface area contributed by atoms with E-state index in [1.54, 1.807) is 30.5 Å². The van der Waals surface area contributed by atoms with E-state index in [4.69, 9.17) is 14.6 Å². The van der Waals surface area contributed by atoms with Crippen LogP contribution in [0.15, 0.2) is 94.4 Å². The lowest BCUT2D eigenvalue weighted by molar-refractivity contribution is -0.137. The Morgan fingerprint density at radius 1 is 0.976 bits per heavy atom. The Hall–Kier alpha value is -5.22. The zero-order chi connectivity index (χ0) is 29.2. The minimum Gasteiger partial charge on any atom is -0.481 e. The number of fused-ring (bicyclic) bond motifs is 2. The van der Waals surface area contributed by atoms with Crippen LogP contribution >= 0.6 is 0 Å². The Kier molecular flexibility index (Phi) is 7.28. The Morgan fingerprint density at radius 2 is 1.79 bits per heavy atom. The number of aryl methyl sites for hydroxylation is 1. The van der Waals surface area contributed by atoms with E-state index in [0.717, 1.165) is 10.9 Å². The zero-order valence-electron chi connectivity index (χ0n) is 22.3. The Labute approximate surface area is 238 Å². The maximum Gasteiger partial charge on any atom is 0.303 e. The van der Waals surface area contributed by atoms with E-state index in [1.165, 1.54) is 28.8 Å². The molecule has 0 amide bonds. The molecule has 6 rings (SSSR count). The van der Waals surface area contributed by atoms with Gasteiger partial charge < -0.3 is 14.7 Å². The van der Waals surface area contributed by atoms with E-state index in [9.17, 15) is 19.1 Å². The smallest absolute Gasteiger partial charge is 0.303 e. The number of halogens is 1. The molecular weight excluding hydrogens is 539 g/mol. The minimum atomic E-state index is -1.08. The van der Waals surface area contributed by atoms with Gasteiger partial charge in [0, 0.05) is 41.6 Å². The number of aromatic nitrogens is 4. The molecule has 42 heavy (non-hydrogen) atoms. The molecule has 0 aliphatic heterocycles. The van der Waals surface area contributed by atoms with Crippen LogP contribution in [-0.2, 0) is 11.2 Å². The van der Waals surface area contributed by atoms with Gasteiger partial charge in [0.15, 0.2) is 5.76 Å². The van der Waals surface area contributed by atoms with Gasteiger partial charge in [-0.2, -0.15) is 0 Å². The van der Waals surface area contributed by atoms with Crippen molar-refractivity contribution in [1.29, 1.82) is 0 Å². The number of hydrogen-bond acceptors (Lipinski definition) is 7. The fraction of sp³-hybridized carbons (Fsp3) is 0.156. The highest BCUT2D eigenvalue weighted by Crippen LogP contribution is 2.29. The van der Waals surface area contributed by atoms with Gasteiger partial charge >= 0.3 is 5.97 Å². The normalized spacial score (nSPS) is 12.1. The van der Waals surface area contributed by atoms with Crippen molar-refractivity contribution in [1.82, 2.24) is 19.7 Å². The first-order chi connectivity index (χ1) is 20.4. The van der Waals surface area contributed by atoms with Gasteiger partial charge in [0.1, 0.15) is 23.4 Å². The van der Waals surface area contributed by atoms with Crippen molar-refractivity contribution in [3.8, 4) is 16.9 Å². The first kappa shape index (κ1) is 27.0. The molecule has 0 spiro atoms. The fourth-order valence-electron chi connectivity index (χ4n) is 4.93. The van der Waals surface area contributed by atoms with Crippen LogP contribution in [0, 0.1) is 5.82 Å². The number of aliphatic hydroxyl groups excluding tert-OH is 1. The van der Waals surface area contributed by atoms with Crippen LogP contribution < -0.4 is 5.56 Å². The van der Waals surface area contributed by atoms with E-state index in [1.807, 2.05) is 30.3 Å². The third-order valence-corrected chi connectivity index (χ3v) is 7.09. The van der Waals surface area contributed by atoms with Crippen molar-refractivity contribution < 1.29 is 23.9 Å². The third-order valence-electron chi connectivity index (χ3n) is 7.09. The minimum absolute atomic E-state index is 0.00806. The average molecular weight is 565 g/mol. The second kappa shape index (κ2) is 11.3. The first-order valence-corrected chi connectivity index (χ1v) is 13.4. The second-order valence-electron chi connectivity index (χ2n) is 9.96. The van der Waals surface area contributed by atoms with Crippen LogP contribution in [0.3, 0.4) is 0 Å². The third kappa shape index (κ3) is 5.39. The van der Waals surface area contributed by atoms with Crippen molar-refractivity contribution in [3.63, 3.8) is 0 Å². The van der Waals surface area contributed by atoms with Gasteiger partial charge in [-0.3, -0.25) is 19.1 Å². The van der Waals surface area contributed by atoms with Crippen molar-refractivity contribution in [2.24, 2.45) is 0 Å². The summed E-state index contributed by atoms with van der Waals surface area (Å²) in [7, 11) is 0. The number of para-hydroxylation sites is 1. The molecule has 2 N–H and O–H groups in total. The van der Waals surface area contributed by atoms with Crippen LogP contribution in [0.4, 0.5) is 4.39 Å². The van der Waals surface area contributed by atoms with Crippen molar-refractivity contribution in [3.05, 3.63) is 118 Å². The highest BCUT2D eigenvalue weighted by molar-refractivity contribution is 5.83. The number of rotatable bonds is 9. The summed E-state index contributed by atoms with van der Waals surface area (Å²) < 4.78 is 20.5. The molecular formula is C32H25FN4O5. The first-order valence-electron chi connectivity index (χ1n) is 13.4. The molecule has 210 valence electrons. The predicted octanol–water partition coefficient (Wildman–Crippen LogP) is 5.61. The Balaban J connectivity index is 1.35. The summed E-state index contributed by atoms with van der Waals surface area (Å²) in [6.45, 7) is 0. The molecule has 0 fully saturated rings. The maximum atomic E-state index is 13.6. The van der Waals surface area contributed by atoms with Crippen molar-refractivity contribution >= 4 is 27.8 Å². The molecule has 9 nitrogen and oxygen atoms in total. The van der Waals surface area contributed by atoms with Gasteiger partial charge in [-0.25, -0.2) is 9.37 Å². The highest BCUT2D eigenvalue weighted by Gasteiger charge is 2.19. The van der Waals surface area contributed by atoms with E-state index in [2.05, 4.69) is 10.1 Å². The zero-order valence-corrected chi connectivity index (χ0v) is 22.3. The van der Waals surface area contributed by atoms with E-state index >= 15 is 0 Å². The topological polar surface area (TPSA) is 131 Å². The molecule has 0 saturated carbocycles. The lowest BCUT2D eigenvalue weighted by Crippen LogP contribution is -2.24. The second-order valence-corrected chi connectivity index (χ2v) is 9.96. The van der Waals surface area contributed by atoms with Gasteiger partial charge in [0.05, 0.1) is 22.1 Å². The maximum absolute atomic E-state index is 13.6. The van der Waals surface area contributed by atoms with Crippen LogP contribution in [0.1, 0.15) is 42.5 Å². The lowest BCUT2D eigenvalue weighted by Gasteiger charge is -2.14. The number of carboxylic acids is 1. The average Bonchev–Trinajstić information content (AvgIpc) is 3.50. The summed E-state index contributed by atoms with van der Waals surface area (Å²) in [6.07, 6.45) is 1.79. The summed E-state index contributed by atoms with van der Waals surface area (Å²) in [5, 5.41) is 25.3. The number of unbranched alkanes of at least 4 members (excludes halogenated alkanes) is 1. The van der Waals surface area contributed by atoms with E-state index in [-0.39, 0.29) is 17.7 Å². The molecule has 0 saturated heterocycles. The Morgan fingerprint density at radius 3 is 2.60 bits per heavy atom. The van der Waals surface area contributed by atoms with E-state index in [0.29, 0.717) is 58.5 Å². The van der Waals surface area contributed by atoms with Crippen molar-refractivity contribution in [2.75, 3.05) is 0 Å². The molecule has 3 aromatic heterocycles. The lowest BCUT2D eigenvalue weighted by atomic mass is 10.0. The molecule has 0 aliphatic carbocycles. The molecule has 0 aliphatic rings. The van der Waals surface area contributed by atoms with Crippen molar-refractivity contribution in [2.45, 2.75) is 31.8 Å². The van der Waals surface area contributed by atoms with Gasteiger partial charge in [-0.1, -0.05) is 29.4 Å². The largest absolute Gasteiger partial charge is 0.481 e. The van der Waals surface area contributed by atoms with Gasteiger partial charge in [0.25, 0.3) is 5.56 Å². The summed E-state index contributed by atoms with van der Waals surface area (Å²) in [4.78, 5) is 33.8. The summed E-state index contributed by atoms with van der Waals surface area (Å²) >= 11 is 0. The van der Waals surface area contributed by atoms with Crippen LogP contribution in [0.5, 0.6) is 0 Å². The van der Waals surface area contributed by atoms with Gasteiger partial charge in [-0.15, -0.1) is 0 Å². The van der Waals surface area contributed by atoms with Crippen LogP contribution in [0.25, 0.3) is 38.8 Å². The number of benzene rings is 3. The summed E-state index contributed by atoms with van der Waals surface area (Å²) in [6, 6.07) is 21.7. The SMILES string of the molecule is O=C(O)CCCCc1nc2cc(-c3cc(C(O)c4cnc5ccccc5c4)on3)ccc2c(=O)n1-c1ccc(F)cc1. The molecule has 0 radical (unpaired) electrons. The number of carboxylic acid groups (broad SMARTS) is 1. The summed E-state index contributed by atoms with van der Waals surface area (Å²) in [5.74, 6) is -0.652. The molecule has 0 bridgehead atoms. The predicted molar refractivity (Wildman–Crippen MR) is 154 cm³/mol. The van der Waals surface area contributed by atoms with Gasteiger partial charge in [-0.05, 0) is 61.4 Å². The summed E-state index contributed by atoms with van der Waals surface area (Å²) in [5.41, 5.74) is 3.02. The number of hydrogen-bond donors (Lipinski definition) is 2. The number of nitrogens with zero attached hydrogens (tertiary/aromatic N) is 4. The standard InChI is InChI=1S/C32H25FN4O5/c33-22-10-12-23(13-11-22)37-29(7-3-4-8-30(38)39)35-27-16-20(9-14-24(27)32(37)41)26-17-28(42-36-26)31(40)21-15-19-5-1-2-6-25(19)34-18-21/h1-2,5-6,9-18,31,40H,3-4,7-8H2,(H,38,39). The molecule has 3 heterocycles. The molecule has 6 aromatic rings. The highest BCUT2D eigenvalue weighted by atomic mass is 19.1. The molecule has 1 unspecified atom stereocenters. The van der Waals surface area contributed by atoms with E-state index < -0.39 is 17.9 Å². The monoisotopic (exact) mass is 564 g/mol.